The zero-order valence-electron chi connectivity index (χ0n) is 13.0. The summed E-state index contributed by atoms with van der Waals surface area (Å²) in [6.45, 7) is 4.16. The van der Waals surface area contributed by atoms with Gasteiger partial charge < -0.3 is 10.1 Å². The molecule has 1 atom stereocenters. The molecule has 116 valence electrons. The second-order valence-electron chi connectivity index (χ2n) is 6.47. The van der Waals surface area contributed by atoms with Gasteiger partial charge in [-0.15, -0.1) is 0 Å². The molecule has 0 amide bonds. The van der Waals surface area contributed by atoms with Gasteiger partial charge in [-0.05, 0) is 43.0 Å². The minimum atomic E-state index is 0.442. The summed E-state index contributed by atoms with van der Waals surface area (Å²) < 4.78 is 7.14. The highest BCUT2D eigenvalue weighted by atomic mass is 79.9. The lowest BCUT2D eigenvalue weighted by Gasteiger charge is -2.24. The predicted octanol–water partition coefficient (Wildman–Crippen LogP) is 5.01. The summed E-state index contributed by atoms with van der Waals surface area (Å²) >= 11 is 3.68. The van der Waals surface area contributed by atoms with Gasteiger partial charge in [-0.2, -0.15) is 0 Å². The van der Waals surface area contributed by atoms with Gasteiger partial charge in [0.05, 0.1) is 6.61 Å². The van der Waals surface area contributed by atoms with Crippen LogP contribution in [-0.4, -0.2) is 13.2 Å². The van der Waals surface area contributed by atoms with Gasteiger partial charge >= 0.3 is 0 Å². The van der Waals surface area contributed by atoms with E-state index in [1.807, 2.05) is 0 Å². The molecule has 1 aliphatic heterocycles. The van der Waals surface area contributed by atoms with Crippen molar-refractivity contribution in [2.45, 2.75) is 57.9 Å². The fraction of sp³-hybridized carbons (Fsp3) is 0.667. The lowest BCUT2D eigenvalue weighted by atomic mass is 9.92. The maximum atomic E-state index is 5.95. The van der Waals surface area contributed by atoms with Gasteiger partial charge in [0, 0.05) is 22.5 Å². The van der Waals surface area contributed by atoms with Crippen LogP contribution in [0.25, 0.3) is 0 Å². The SMILES string of the molecule is CCCNC(CC1CCCC1)c1cc(Br)cc2c1OCC2. The fourth-order valence-electron chi connectivity index (χ4n) is 3.77. The van der Waals surface area contributed by atoms with Crippen molar-refractivity contribution in [2.24, 2.45) is 5.92 Å². The van der Waals surface area contributed by atoms with Crippen LogP contribution in [0.3, 0.4) is 0 Å². The van der Waals surface area contributed by atoms with Gasteiger partial charge in [0.1, 0.15) is 5.75 Å². The van der Waals surface area contributed by atoms with Crippen molar-refractivity contribution in [1.29, 1.82) is 0 Å². The molecular weight excluding hydrogens is 326 g/mol. The normalized spacial score (nSPS) is 19.5. The molecule has 2 nitrogen and oxygen atoms in total. The highest BCUT2D eigenvalue weighted by molar-refractivity contribution is 9.10. The number of hydrogen-bond donors (Lipinski definition) is 1. The average molecular weight is 352 g/mol. The number of rotatable bonds is 6. The number of hydrogen-bond acceptors (Lipinski definition) is 2. The van der Waals surface area contributed by atoms with Crippen molar-refractivity contribution in [3.8, 4) is 5.75 Å². The summed E-state index contributed by atoms with van der Waals surface area (Å²) in [6.07, 6.45) is 9.12. The molecule has 21 heavy (non-hydrogen) atoms. The lowest BCUT2D eigenvalue weighted by Crippen LogP contribution is -2.24. The largest absolute Gasteiger partial charge is 0.493 e. The molecule has 0 aromatic heterocycles. The van der Waals surface area contributed by atoms with Gasteiger partial charge in [-0.3, -0.25) is 0 Å². The molecule has 3 heteroatoms. The molecule has 2 aliphatic rings. The number of nitrogens with one attached hydrogen (secondary N) is 1. The van der Waals surface area contributed by atoms with E-state index in [0.717, 1.165) is 31.2 Å². The van der Waals surface area contributed by atoms with Gasteiger partial charge in [-0.25, -0.2) is 0 Å². The molecule has 1 heterocycles. The van der Waals surface area contributed by atoms with E-state index in [-0.39, 0.29) is 0 Å². The second kappa shape index (κ2) is 7.15. The Kier molecular flexibility index (Phi) is 5.23. The topological polar surface area (TPSA) is 21.3 Å². The standard InChI is InChI=1S/C18H26BrNO/c1-2-8-20-17(10-13-5-3-4-6-13)16-12-15(19)11-14-7-9-21-18(14)16/h11-13,17,20H,2-10H2,1H3. The molecule has 1 aliphatic carbocycles. The van der Waals surface area contributed by atoms with E-state index >= 15 is 0 Å². The van der Waals surface area contributed by atoms with Crippen molar-refractivity contribution in [3.63, 3.8) is 0 Å². The summed E-state index contributed by atoms with van der Waals surface area (Å²) in [6, 6.07) is 4.93. The Hall–Kier alpha value is -0.540. The van der Waals surface area contributed by atoms with E-state index in [2.05, 4.69) is 40.3 Å². The molecular formula is C18H26BrNO. The first-order valence-corrected chi connectivity index (χ1v) is 9.25. The van der Waals surface area contributed by atoms with Crippen molar-refractivity contribution in [1.82, 2.24) is 5.32 Å². The maximum absolute atomic E-state index is 5.95. The average Bonchev–Trinajstić information content (AvgIpc) is 3.13. The van der Waals surface area contributed by atoms with Crippen LogP contribution in [0.2, 0.25) is 0 Å². The second-order valence-corrected chi connectivity index (χ2v) is 7.39. The monoisotopic (exact) mass is 351 g/mol. The van der Waals surface area contributed by atoms with Crippen molar-refractivity contribution in [3.05, 3.63) is 27.7 Å². The molecule has 1 fully saturated rings. The third-order valence-electron chi connectivity index (χ3n) is 4.84. The fourth-order valence-corrected chi connectivity index (χ4v) is 4.30. The predicted molar refractivity (Wildman–Crippen MR) is 91.0 cm³/mol. The Balaban J connectivity index is 1.84. The van der Waals surface area contributed by atoms with Crippen LogP contribution in [0.4, 0.5) is 0 Å². The van der Waals surface area contributed by atoms with Gasteiger partial charge in [0.2, 0.25) is 0 Å². The minimum Gasteiger partial charge on any atom is -0.493 e. The van der Waals surface area contributed by atoms with Crippen LogP contribution in [0.1, 0.15) is 62.6 Å². The van der Waals surface area contributed by atoms with E-state index in [4.69, 9.17) is 4.74 Å². The first kappa shape index (κ1) is 15.4. The van der Waals surface area contributed by atoms with Crippen LogP contribution in [0, 0.1) is 5.92 Å². The van der Waals surface area contributed by atoms with Crippen LogP contribution in [0.15, 0.2) is 16.6 Å². The Bertz CT molecular complexity index is 482. The Morgan fingerprint density at radius 2 is 2.14 bits per heavy atom. The molecule has 1 N–H and O–H groups in total. The lowest BCUT2D eigenvalue weighted by molar-refractivity contribution is 0.338. The highest BCUT2D eigenvalue weighted by Gasteiger charge is 2.26. The third kappa shape index (κ3) is 3.62. The first-order valence-electron chi connectivity index (χ1n) is 8.46. The molecule has 1 aromatic rings. The third-order valence-corrected chi connectivity index (χ3v) is 5.29. The quantitative estimate of drug-likeness (QED) is 0.777. The summed E-state index contributed by atoms with van der Waals surface area (Å²) in [5, 5.41) is 3.77. The van der Waals surface area contributed by atoms with Gasteiger partial charge in [0.15, 0.2) is 0 Å². The maximum Gasteiger partial charge on any atom is 0.127 e. The zero-order chi connectivity index (χ0) is 14.7. The Labute approximate surface area is 136 Å². The zero-order valence-corrected chi connectivity index (χ0v) is 14.5. The van der Waals surface area contributed by atoms with Crippen LogP contribution in [0.5, 0.6) is 5.75 Å². The van der Waals surface area contributed by atoms with Crippen LogP contribution >= 0.6 is 15.9 Å². The van der Waals surface area contributed by atoms with E-state index in [1.165, 1.54) is 54.1 Å². The molecule has 1 saturated carbocycles. The van der Waals surface area contributed by atoms with Gasteiger partial charge in [-0.1, -0.05) is 48.5 Å². The van der Waals surface area contributed by atoms with Crippen molar-refractivity contribution < 1.29 is 4.74 Å². The highest BCUT2D eigenvalue weighted by Crippen LogP contribution is 2.40. The van der Waals surface area contributed by atoms with Crippen LogP contribution < -0.4 is 10.1 Å². The smallest absolute Gasteiger partial charge is 0.127 e. The molecule has 0 bridgehead atoms. The summed E-state index contributed by atoms with van der Waals surface area (Å²) in [5.41, 5.74) is 2.74. The summed E-state index contributed by atoms with van der Waals surface area (Å²) in [5.74, 6) is 2.04. The molecule has 0 spiro atoms. The Morgan fingerprint density at radius 1 is 1.33 bits per heavy atom. The van der Waals surface area contributed by atoms with E-state index in [9.17, 15) is 0 Å². The molecule has 1 unspecified atom stereocenters. The van der Waals surface area contributed by atoms with E-state index < -0.39 is 0 Å². The van der Waals surface area contributed by atoms with Crippen molar-refractivity contribution >= 4 is 15.9 Å². The van der Waals surface area contributed by atoms with Crippen LogP contribution in [-0.2, 0) is 6.42 Å². The molecule has 0 saturated heterocycles. The van der Waals surface area contributed by atoms with Gasteiger partial charge in [0.25, 0.3) is 0 Å². The first-order chi connectivity index (χ1) is 10.3. The molecule has 1 aromatic carbocycles. The molecule has 0 radical (unpaired) electrons. The van der Waals surface area contributed by atoms with E-state index in [0.29, 0.717) is 6.04 Å². The van der Waals surface area contributed by atoms with E-state index in [1.54, 1.807) is 0 Å². The minimum absolute atomic E-state index is 0.442. The number of benzene rings is 1. The molecule has 3 rings (SSSR count). The summed E-state index contributed by atoms with van der Waals surface area (Å²) in [7, 11) is 0. The number of ether oxygens (including phenoxy) is 1. The Morgan fingerprint density at radius 3 is 2.90 bits per heavy atom. The summed E-state index contributed by atoms with van der Waals surface area (Å²) in [4.78, 5) is 0. The number of fused-ring (bicyclic) bond motifs is 1. The number of halogens is 1. The van der Waals surface area contributed by atoms with Crippen molar-refractivity contribution in [2.75, 3.05) is 13.2 Å².